The fraction of sp³-hybridized carbons (Fsp3) is 0.211. The molecule has 0 aliphatic heterocycles. The standard InChI is InChI=1S/C19H20N2O5.2Na.2H/c20-15(11-13-7-3-1-4-8-13)17(22)25-19(24)26-18(23)16(21)12-14-9-5-2-6-10-14;;;;/h1-10,15-16H,11-12,20-21H2;;;;/t15-,16-;;;;/m0..../s1. The van der Waals surface area contributed by atoms with Gasteiger partial charge in [0.1, 0.15) is 12.1 Å². The molecular weight excluding hydrogens is 382 g/mol. The zero-order valence-corrected chi connectivity index (χ0v) is 14.0. The second-order valence-electron chi connectivity index (χ2n) is 5.68. The van der Waals surface area contributed by atoms with Crippen LogP contribution in [0.25, 0.3) is 0 Å². The zero-order valence-electron chi connectivity index (χ0n) is 14.0. The van der Waals surface area contributed by atoms with Crippen molar-refractivity contribution in [3.63, 3.8) is 0 Å². The Labute approximate surface area is 207 Å². The average molecular weight is 404 g/mol. The molecule has 7 nitrogen and oxygen atoms in total. The van der Waals surface area contributed by atoms with Crippen LogP contribution in [0.4, 0.5) is 4.79 Å². The number of esters is 2. The van der Waals surface area contributed by atoms with E-state index in [9.17, 15) is 14.4 Å². The van der Waals surface area contributed by atoms with Crippen molar-refractivity contribution in [1.82, 2.24) is 0 Å². The van der Waals surface area contributed by atoms with Crippen molar-refractivity contribution in [2.75, 3.05) is 0 Å². The summed E-state index contributed by atoms with van der Waals surface area (Å²) in [6.45, 7) is 0. The Morgan fingerprint density at radius 2 is 1.00 bits per heavy atom. The van der Waals surface area contributed by atoms with Crippen LogP contribution in [0.2, 0.25) is 0 Å². The van der Waals surface area contributed by atoms with Crippen LogP contribution in [-0.4, -0.2) is 89.3 Å². The molecule has 0 bridgehead atoms. The normalized spacial score (nSPS) is 11.8. The predicted molar refractivity (Wildman–Crippen MR) is 108 cm³/mol. The Kier molecular flexibility index (Phi) is 13.5. The Morgan fingerprint density at radius 3 is 1.32 bits per heavy atom. The third-order valence-electron chi connectivity index (χ3n) is 3.57. The van der Waals surface area contributed by atoms with E-state index in [0.29, 0.717) is 0 Å². The molecular formula is C19H22N2Na2O5. The van der Waals surface area contributed by atoms with Crippen LogP contribution < -0.4 is 11.5 Å². The second kappa shape index (κ2) is 14.0. The summed E-state index contributed by atoms with van der Waals surface area (Å²) in [5.74, 6) is -1.97. The first-order valence-electron chi connectivity index (χ1n) is 8.02. The fourth-order valence-corrected chi connectivity index (χ4v) is 2.24. The molecule has 0 heterocycles. The Balaban J connectivity index is 0.00000364. The van der Waals surface area contributed by atoms with Crippen molar-refractivity contribution in [3.05, 3.63) is 71.8 Å². The molecule has 4 N–H and O–H groups in total. The number of rotatable bonds is 6. The van der Waals surface area contributed by atoms with Crippen molar-refractivity contribution in [2.24, 2.45) is 11.5 Å². The van der Waals surface area contributed by atoms with E-state index in [2.05, 4.69) is 9.47 Å². The Bertz CT molecular complexity index is 696. The second-order valence-corrected chi connectivity index (χ2v) is 5.68. The van der Waals surface area contributed by atoms with Gasteiger partial charge in [0.25, 0.3) is 0 Å². The number of ether oxygens (including phenoxy) is 2. The molecule has 2 aromatic rings. The van der Waals surface area contributed by atoms with Gasteiger partial charge in [0.15, 0.2) is 0 Å². The number of carbonyl (C=O) groups is 3. The van der Waals surface area contributed by atoms with Gasteiger partial charge in [0, 0.05) is 0 Å². The van der Waals surface area contributed by atoms with Gasteiger partial charge in [-0.05, 0) is 24.0 Å². The monoisotopic (exact) mass is 404 g/mol. The topological polar surface area (TPSA) is 122 Å². The molecule has 0 aliphatic carbocycles. The summed E-state index contributed by atoms with van der Waals surface area (Å²) >= 11 is 0. The molecule has 2 aromatic carbocycles. The van der Waals surface area contributed by atoms with Crippen LogP contribution in [0.15, 0.2) is 60.7 Å². The maximum absolute atomic E-state index is 11.8. The Hall–Kier alpha value is -1.03. The van der Waals surface area contributed by atoms with Gasteiger partial charge in [-0.2, -0.15) is 0 Å². The van der Waals surface area contributed by atoms with Gasteiger partial charge in [-0.3, -0.25) is 0 Å². The van der Waals surface area contributed by atoms with Gasteiger partial charge < -0.3 is 20.9 Å². The minimum absolute atomic E-state index is 0. The van der Waals surface area contributed by atoms with E-state index in [1.54, 1.807) is 48.5 Å². The van der Waals surface area contributed by atoms with E-state index in [0.717, 1.165) is 11.1 Å². The van der Waals surface area contributed by atoms with Gasteiger partial charge in [0.2, 0.25) is 0 Å². The molecule has 0 radical (unpaired) electrons. The van der Waals surface area contributed by atoms with Gasteiger partial charge in [-0.1, -0.05) is 60.7 Å². The number of carbonyl (C=O) groups excluding carboxylic acids is 3. The first-order valence-corrected chi connectivity index (χ1v) is 8.02. The van der Waals surface area contributed by atoms with Crippen LogP contribution in [0.5, 0.6) is 0 Å². The van der Waals surface area contributed by atoms with E-state index in [4.69, 9.17) is 11.5 Å². The molecule has 0 aliphatic rings. The van der Waals surface area contributed by atoms with Crippen molar-refractivity contribution in [1.29, 1.82) is 0 Å². The summed E-state index contributed by atoms with van der Waals surface area (Å²) in [4.78, 5) is 35.2. The number of nitrogens with two attached hydrogens (primary N) is 2. The van der Waals surface area contributed by atoms with Crippen molar-refractivity contribution in [2.45, 2.75) is 24.9 Å². The first kappa shape index (κ1) is 27.0. The van der Waals surface area contributed by atoms with Crippen LogP contribution in [0.1, 0.15) is 11.1 Å². The van der Waals surface area contributed by atoms with E-state index < -0.39 is 30.2 Å². The van der Waals surface area contributed by atoms with Crippen molar-refractivity contribution < 1.29 is 23.9 Å². The number of benzene rings is 2. The molecule has 9 heteroatoms. The molecule has 0 unspecified atom stereocenters. The van der Waals surface area contributed by atoms with Crippen molar-refractivity contribution >= 4 is 77.2 Å². The molecule has 0 fully saturated rings. The summed E-state index contributed by atoms with van der Waals surface area (Å²) in [5, 5.41) is 0. The Morgan fingerprint density at radius 1 is 0.679 bits per heavy atom. The van der Waals surface area contributed by atoms with Crippen LogP contribution in [0.3, 0.4) is 0 Å². The number of hydrogen-bond acceptors (Lipinski definition) is 7. The maximum atomic E-state index is 11.8. The summed E-state index contributed by atoms with van der Waals surface area (Å²) in [5.41, 5.74) is 13.0. The molecule has 0 saturated carbocycles. The molecule has 0 amide bonds. The predicted octanol–water partition coefficient (Wildman–Crippen LogP) is 0.0358. The molecule has 0 aromatic heterocycles. The van der Waals surface area contributed by atoms with Crippen LogP contribution in [0, 0.1) is 0 Å². The fourth-order valence-electron chi connectivity index (χ4n) is 2.24. The molecule has 2 rings (SSSR count). The molecule has 0 saturated heterocycles. The summed E-state index contributed by atoms with van der Waals surface area (Å²) in [6.07, 6.45) is -1.06. The SMILES string of the molecule is N[C@@H](Cc1ccccc1)C(=O)OC(=O)OC(=O)[C@@H](N)Cc1ccccc1.[NaH].[NaH]. The summed E-state index contributed by atoms with van der Waals surface area (Å²) in [7, 11) is 0. The average Bonchev–Trinajstić information content (AvgIpc) is 2.63. The van der Waals surface area contributed by atoms with Crippen LogP contribution in [-0.2, 0) is 31.9 Å². The van der Waals surface area contributed by atoms with Gasteiger partial charge >= 0.3 is 77.2 Å². The number of hydrogen-bond donors (Lipinski definition) is 2. The van der Waals surface area contributed by atoms with E-state index in [-0.39, 0.29) is 72.0 Å². The van der Waals surface area contributed by atoms with Gasteiger partial charge in [-0.25, -0.2) is 14.4 Å². The first-order chi connectivity index (χ1) is 12.5. The molecule has 140 valence electrons. The third kappa shape index (κ3) is 9.45. The van der Waals surface area contributed by atoms with Crippen molar-refractivity contribution in [3.8, 4) is 0 Å². The quantitative estimate of drug-likeness (QED) is 0.396. The summed E-state index contributed by atoms with van der Waals surface area (Å²) in [6, 6.07) is 15.9. The van der Waals surface area contributed by atoms with Crippen LogP contribution >= 0.6 is 0 Å². The molecule has 28 heavy (non-hydrogen) atoms. The third-order valence-corrected chi connectivity index (χ3v) is 3.57. The van der Waals surface area contributed by atoms with Gasteiger partial charge in [0.05, 0.1) is 0 Å². The zero-order chi connectivity index (χ0) is 18.9. The molecule has 0 spiro atoms. The van der Waals surface area contributed by atoms with E-state index >= 15 is 0 Å². The van der Waals surface area contributed by atoms with Gasteiger partial charge in [-0.15, -0.1) is 0 Å². The van der Waals surface area contributed by atoms with E-state index in [1.165, 1.54) is 0 Å². The molecule has 2 atom stereocenters. The van der Waals surface area contributed by atoms with E-state index in [1.807, 2.05) is 12.1 Å². The minimum atomic E-state index is -1.44. The summed E-state index contributed by atoms with van der Waals surface area (Å²) < 4.78 is 8.91.